The standard InChI is InChI=1S/C18H26BrN3O4/c1-10(2)9-14(16(23)22-15(11(3)4)17(24)25)21-18(26)20-13-7-5-12(19)6-8-13/h5-8,10-11,14-15H,9H2,1-4H3,(H,22,23)(H,24,25)(H2,20,21,26)/t14-,15-/m0/s1. The van der Waals surface area contributed by atoms with Crippen molar-refractivity contribution in [3.8, 4) is 0 Å². The molecule has 8 heteroatoms. The molecular weight excluding hydrogens is 402 g/mol. The predicted octanol–water partition coefficient (Wildman–Crippen LogP) is 3.21. The fourth-order valence-corrected chi connectivity index (χ4v) is 2.59. The first-order chi connectivity index (χ1) is 12.1. The van der Waals surface area contributed by atoms with Gasteiger partial charge in [0.1, 0.15) is 12.1 Å². The van der Waals surface area contributed by atoms with Gasteiger partial charge in [0.2, 0.25) is 5.91 Å². The van der Waals surface area contributed by atoms with Gasteiger partial charge in [-0.15, -0.1) is 0 Å². The molecule has 0 aliphatic heterocycles. The molecule has 0 heterocycles. The Morgan fingerprint density at radius 2 is 1.62 bits per heavy atom. The highest BCUT2D eigenvalue weighted by molar-refractivity contribution is 9.10. The highest BCUT2D eigenvalue weighted by Gasteiger charge is 2.28. The van der Waals surface area contributed by atoms with Crippen LogP contribution in [-0.4, -0.2) is 35.1 Å². The van der Waals surface area contributed by atoms with Crippen molar-refractivity contribution in [1.29, 1.82) is 0 Å². The third kappa shape index (κ3) is 7.43. The molecule has 2 atom stereocenters. The van der Waals surface area contributed by atoms with Gasteiger partial charge in [0.15, 0.2) is 0 Å². The Morgan fingerprint density at radius 1 is 1.04 bits per heavy atom. The Hall–Kier alpha value is -2.09. The van der Waals surface area contributed by atoms with Gasteiger partial charge in [0, 0.05) is 10.2 Å². The summed E-state index contributed by atoms with van der Waals surface area (Å²) in [5, 5.41) is 17.0. The number of carboxylic acids is 1. The maximum atomic E-state index is 12.5. The fraction of sp³-hybridized carbons (Fsp3) is 0.500. The molecule has 1 rings (SSSR count). The second-order valence-corrected chi connectivity index (χ2v) is 7.77. The van der Waals surface area contributed by atoms with E-state index in [2.05, 4.69) is 31.9 Å². The van der Waals surface area contributed by atoms with Crippen molar-refractivity contribution in [2.75, 3.05) is 5.32 Å². The molecule has 0 bridgehead atoms. The molecule has 1 aromatic rings. The lowest BCUT2D eigenvalue weighted by Gasteiger charge is -2.24. The van der Waals surface area contributed by atoms with E-state index in [0.717, 1.165) is 4.47 Å². The minimum absolute atomic E-state index is 0.140. The van der Waals surface area contributed by atoms with Gasteiger partial charge in [-0.05, 0) is 42.5 Å². The predicted molar refractivity (Wildman–Crippen MR) is 104 cm³/mol. The smallest absolute Gasteiger partial charge is 0.326 e. The van der Waals surface area contributed by atoms with Gasteiger partial charge < -0.3 is 21.1 Å². The zero-order chi connectivity index (χ0) is 19.9. The number of hydrogen-bond acceptors (Lipinski definition) is 3. The number of nitrogens with one attached hydrogen (secondary N) is 3. The molecule has 3 amide bonds. The number of aliphatic carboxylic acids is 1. The molecule has 0 unspecified atom stereocenters. The molecule has 1 aromatic carbocycles. The van der Waals surface area contributed by atoms with Gasteiger partial charge in [-0.1, -0.05) is 43.6 Å². The number of carbonyl (C=O) groups is 3. The molecule has 0 saturated carbocycles. The summed E-state index contributed by atoms with van der Waals surface area (Å²) in [6.45, 7) is 7.27. The van der Waals surface area contributed by atoms with Crippen LogP contribution in [0.25, 0.3) is 0 Å². The first-order valence-corrected chi connectivity index (χ1v) is 9.25. The molecule has 0 aliphatic rings. The number of rotatable bonds is 8. The minimum atomic E-state index is -1.10. The first kappa shape index (κ1) is 22.0. The van der Waals surface area contributed by atoms with Crippen molar-refractivity contribution in [1.82, 2.24) is 10.6 Å². The SMILES string of the molecule is CC(C)C[C@H](NC(=O)Nc1ccc(Br)cc1)C(=O)N[C@H](C(=O)O)C(C)C. The second kappa shape index (κ2) is 10.2. The molecular formula is C18H26BrN3O4. The summed E-state index contributed by atoms with van der Waals surface area (Å²) in [4.78, 5) is 36.0. The summed E-state index contributed by atoms with van der Waals surface area (Å²) in [5.74, 6) is -1.74. The Labute approximate surface area is 162 Å². The molecule has 0 aliphatic carbocycles. The Morgan fingerprint density at radius 3 is 2.08 bits per heavy atom. The molecule has 0 radical (unpaired) electrons. The lowest BCUT2D eigenvalue weighted by atomic mass is 10.0. The number of amides is 3. The molecule has 144 valence electrons. The van der Waals surface area contributed by atoms with Crippen LogP contribution in [0.15, 0.2) is 28.7 Å². The van der Waals surface area contributed by atoms with Crippen molar-refractivity contribution in [3.63, 3.8) is 0 Å². The van der Waals surface area contributed by atoms with Crippen molar-refractivity contribution in [2.45, 2.75) is 46.2 Å². The van der Waals surface area contributed by atoms with E-state index < -0.39 is 30.0 Å². The maximum absolute atomic E-state index is 12.5. The van der Waals surface area contributed by atoms with Crippen molar-refractivity contribution >= 4 is 39.5 Å². The summed E-state index contributed by atoms with van der Waals surface area (Å²) >= 11 is 3.32. The third-order valence-corrected chi connectivity index (χ3v) is 4.19. The second-order valence-electron chi connectivity index (χ2n) is 6.86. The number of hydrogen-bond donors (Lipinski definition) is 4. The van der Waals surface area contributed by atoms with Gasteiger partial charge in [0.25, 0.3) is 0 Å². The number of carboxylic acid groups (broad SMARTS) is 1. The van der Waals surface area contributed by atoms with Crippen LogP contribution in [0.1, 0.15) is 34.1 Å². The number of urea groups is 1. The highest BCUT2D eigenvalue weighted by Crippen LogP contribution is 2.14. The van der Waals surface area contributed by atoms with E-state index in [-0.39, 0.29) is 11.8 Å². The molecule has 0 spiro atoms. The van der Waals surface area contributed by atoms with Crippen LogP contribution < -0.4 is 16.0 Å². The lowest BCUT2D eigenvalue weighted by molar-refractivity contribution is -0.143. The number of anilines is 1. The average molecular weight is 428 g/mol. The van der Waals surface area contributed by atoms with E-state index in [1.165, 1.54) is 0 Å². The lowest BCUT2D eigenvalue weighted by Crippen LogP contribution is -2.54. The monoisotopic (exact) mass is 427 g/mol. The zero-order valence-electron chi connectivity index (χ0n) is 15.4. The summed E-state index contributed by atoms with van der Waals surface area (Å²) < 4.78 is 0.883. The van der Waals surface area contributed by atoms with Gasteiger partial charge >= 0.3 is 12.0 Å². The molecule has 7 nitrogen and oxygen atoms in total. The van der Waals surface area contributed by atoms with Crippen LogP contribution in [0.2, 0.25) is 0 Å². The topological polar surface area (TPSA) is 108 Å². The normalized spacial score (nSPS) is 13.2. The maximum Gasteiger partial charge on any atom is 0.326 e. The molecule has 4 N–H and O–H groups in total. The summed E-state index contributed by atoms with van der Waals surface area (Å²) in [6, 6.07) is 4.66. The van der Waals surface area contributed by atoms with Crippen LogP contribution in [0.3, 0.4) is 0 Å². The number of carbonyl (C=O) groups excluding carboxylic acids is 2. The highest BCUT2D eigenvalue weighted by atomic mass is 79.9. The van der Waals surface area contributed by atoms with Crippen LogP contribution in [0.5, 0.6) is 0 Å². The van der Waals surface area contributed by atoms with Gasteiger partial charge in [-0.2, -0.15) is 0 Å². The molecule has 0 fully saturated rings. The summed E-state index contributed by atoms with van der Waals surface area (Å²) in [5.41, 5.74) is 0.583. The third-order valence-electron chi connectivity index (χ3n) is 3.66. The van der Waals surface area contributed by atoms with Crippen molar-refractivity contribution in [2.24, 2.45) is 11.8 Å². The van der Waals surface area contributed by atoms with E-state index in [1.54, 1.807) is 38.1 Å². The number of benzene rings is 1. The van der Waals surface area contributed by atoms with Crippen LogP contribution in [0.4, 0.5) is 10.5 Å². The Balaban J connectivity index is 2.78. The Kier molecular flexibility index (Phi) is 8.57. The largest absolute Gasteiger partial charge is 0.480 e. The summed E-state index contributed by atoms with van der Waals surface area (Å²) in [7, 11) is 0. The van der Waals surface area contributed by atoms with Gasteiger partial charge in [-0.3, -0.25) is 4.79 Å². The van der Waals surface area contributed by atoms with E-state index in [0.29, 0.717) is 12.1 Å². The van der Waals surface area contributed by atoms with Crippen LogP contribution in [0, 0.1) is 11.8 Å². The van der Waals surface area contributed by atoms with E-state index in [4.69, 9.17) is 0 Å². The van der Waals surface area contributed by atoms with Gasteiger partial charge in [-0.25, -0.2) is 9.59 Å². The molecule has 0 aromatic heterocycles. The van der Waals surface area contributed by atoms with E-state index in [1.807, 2.05) is 13.8 Å². The van der Waals surface area contributed by atoms with Crippen LogP contribution >= 0.6 is 15.9 Å². The van der Waals surface area contributed by atoms with Crippen molar-refractivity contribution in [3.05, 3.63) is 28.7 Å². The Bertz CT molecular complexity index is 632. The van der Waals surface area contributed by atoms with E-state index >= 15 is 0 Å². The van der Waals surface area contributed by atoms with E-state index in [9.17, 15) is 19.5 Å². The van der Waals surface area contributed by atoms with Gasteiger partial charge in [0.05, 0.1) is 0 Å². The molecule has 26 heavy (non-hydrogen) atoms. The number of halogens is 1. The van der Waals surface area contributed by atoms with Crippen molar-refractivity contribution < 1.29 is 19.5 Å². The fourth-order valence-electron chi connectivity index (χ4n) is 2.33. The molecule has 0 saturated heterocycles. The quantitative estimate of drug-likeness (QED) is 0.510. The zero-order valence-corrected chi connectivity index (χ0v) is 17.0. The van der Waals surface area contributed by atoms with Crippen LogP contribution in [-0.2, 0) is 9.59 Å². The average Bonchev–Trinajstić information content (AvgIpc) is 2.52. The minimum Gasteiger partial charge on any atom is -0.480 e. The first-order valence-electron chi connectivity index (χ1n) is 8.46. The summed E-state index contributed by atoms with van der Waals surface area (Å²) in [6.07, 6.45) is 0.393.